The molecule has 3 aromatic rings. The van der Waals surface area contributed by atoms with Crippen molar-refractivity contribution < 1.29 is 9.90 Å². The molecule has 2 heterocycles. The van der Waals surface area contributed by atoms with E-state index in [1.807, 2.05) is 57.1 Å². The summed E-state index contributed by atoms with van der Waals surface area (Å²) in [5.74, 6) is 0. The smallest absolute Gasteiger partial charge is 0.417 e. The lowest BCUT2D eigenvalue weighted by molar-refractivity contribution is 0.198. The van der Waals surface area contributed by atoms with Gasteiger partial charge >= 0.3 is 6.09 Å². The summed E-state index contributed by atoms with van der Waals surface area (Å²) in [7, 11) is 3.93. The Balaban J connectivity index is 2.67. The molecule has 5 nitrogen and oxygen atoms in total. The molecule has 0 bridgehead atoms. The second kappa shape index (κ2) is 4.48. The molecule has 0 aliphatic rings. The van der Waals surface area contributed by atoms with Crippen LogP contribution in [0.1, 0.15) is 11.3 Å². The lowest BCUT2D eigenvalue weighted by Gasteiger charge is -2.18. The molecule has 108 valence electrons. The van der Waals surface area contributed by atoms with Crippen molar-refractivity contribution in [1.29, 1.82) is 0 Å². The van der Waals surface area contributed by atoms with Crippen LogP contribution in [-0.2, 0) is 0 Å². The number of hydrogen-bond donors (Lipinski definition) is 1. The highest BCUT2D eigenvalue weighted by atomic mass is 16.4. The molecule has 0 amide bonds. The third-order valence-corrected chi connectivity index (χ3v) is 3.90. The molecule has 0 atom stereocenters. The Hall–Kier alpha value is -2.56. The second-order valence-corrected chi connectivity index (χ2v) is 5.40. The predicted molar refractivity (Wildman–Crippen MR) is 84.5 cm³/mol. The largest absolute Gasteiger partial charge is 0.464 e. The SMILES string of the molecule is Cc1nc2c(c(N(C)C)c1C)c1ccccc1n2C(=O)O. The summed E-state index contributed by atoms with van der Waals surface area (Å²) >= 11 is 0. The minimum absolute atomic E-state index is 0.496. The van der Waals surface area contributed by atoms with E-state index < -0.39 is 6.09 Å². The highest BCUT2D eigenvalue weighted by molar-refractivity contribution is 6.16. The summed E-state index contributed by atoms with van der Waals surface area (Å²) in [6.07, 6.45) is -1.01. The standard InChI is InChI=1S/C16H17N3O2/c1-9-10(2)17-15-13(14(9)18(3)4)11-7-5-6-8-12(11)19(15)16(20)21/h5-8H,1-4H3,(H,20,21). The first-order chi connectivity index (χ1) is 9.93. The number of aryl methyl sites for hydroxylation is 1. The fourth-order valence-electron chi connectivity index (χ4n) is 2.92. The molecule has 0 radical (unpaired) electrons. The molecule has 21 heavy (non-hydrogen) atoms. The Kier molecular flexibility index (Phi) is 2.86. The molecular formula is C16H17N3O2. The van der Waals surface area contributed by atoms with Crippen molar-refractivity contribution in [3.05, 3.63) is 35.5 Å². The average Bonchev–Trinajstić information content (AvgIpc) is 2.73. The number of carbonyl (C=O) groups is 1. The Morgan fingerprint density at radius 1 is 1.24 bits per heavy atom. The van der Waals surface area contributed by atoms with Gasteiger partial charge in [-0.3, -0.25) is 0 Å². The van der Waals surface area contributed by atoms with E-state index in [1.165, 1.54) is 4.57 Å². The molecule has 0 saturated carbocycles. The van der Waals surface area contributed by atoms with Gasteiger partial charge in [-0.15, -0.1) is 0 Å². The van der Waals surface area contributed by atoms with Gasteiger partial charge in [-0.1, -0.05) is 18.2 Å². The van der Waals surface area contributed by atoms with Gasteiger partial charge in [-0.05, 0) is 25.5 Å². The van der Waals surface area contributed by atoms with E-state index in [4.69, 9.17) is 0 Å². The Morgan fingerprint density at radius 3 is 2.52 bits per heavy atom. The van der Waals surface area contributed by atoms with Gasteiger partial charge in [-0.2, -0.15) is 0 Å². The summed E-state index contributed by atoms with van der Waals surface area (Å²) in [6, 6.07) is 7.52. The number of para-hydroxylation sites is 1. The van der Waals surface area contributed by atoms with Gasteiger partial charge in [0.15, 0.2) is 5.65 Å². The van der Waals surface area contributed by atoms with Crippen molar-refractivity contribution in [2.75, 3.05) is 19.0 Å². The molecular weight excluding hydrogens is 266 g/mol. The monoisotopic (exact) mass is 283 g/mol. The number of benzene rings is 1. The predicted octanol–water partition coefficient (Wildman–Crippen LogP) is 3.40. The summed E-state index contributed by atoms with van der Waals surface area (Å²) in [5.41, 5.74) is 4.10. The highest BCUT2D eigenvalue weighted by Crippen LogP contribution is 2.37. The van der Waals surface area contributed by atoms with Crippen LogP contribution in [0.3, 0.4) is 0 Å². The van der Waals surface area contributed by atoms with Crippen LogP contribution in [-0.4, -0.2) is 34.8 Å². The van der Waals surface area contributed by atoms with E-state index in [1.54, 1.807) is 0 Å². The van der Waals surface area contributed by atoms with Gasteiger partial charge < -0.3 is 10.0 Å². The Morgan fingerprint density at radius 2 is 1.90 bits per heavy atom. The van der Waals surface area contributed by atoms with Crippen molar-refractivity contribution in [2.24, 2.45) is 0 Å². The maximum absolute atomic E-state index is 11.7. The zero-order valence-electron chi connectivity index (χ0n) is 12.5. The molecule has 0 spiro atoms. The number of nitrogens with zero attached hydrogens (tertiary/aromatic N) is 3. The van der Waals surface area contributed by atoms with Gasteiger partial charge in [-0.25, -0.2) is 14.3 Å². The van der Waals surface area contributed by atoms with Gasteiger partial charge in [0.25, 0.3) is 0 Å². The number of fused-ring (bicyclic) bond motifs is 3. The summed E-state index contributed by atoms with van der Waals surface area (Å²) in [4.78, 5) is 18.2. The molecule has 2 aromatic heterocycles. The molecule has 5 heteroatoms. The van der Waals surface area contributed by atoms with Crippen LogP contribution in [0.25, 0.3) is 21.9 Å². The van der Waals surface area contributed by atoms with Crippen molar-refractivity contribution in [1.82, 2.24) is 9.55 Å². The van der Waals surface area contributed by atoms with Gasteiger partial charge in [0.2, 0.25) is 0 Å². The summed E-state index contributed by atoms with van der Waals surface area (Å²) in [6.45, 7) is 3.93. The van der Waals surface area contributed by atoms with E-state index in [0.29, 0.717) is 11.2 Å². The fraction of sp³-hybridized carbons (Fsp3) is 0.250. The number of anilines is 1. The first kappa shape index (κ1) is 13.4. The van der Waals surface area contributed by atoms with Crippen LogP contribution in [0.5, 0.6) is 0 Å². The normalized spacial score (nSPS) is 11.2. The van der Waals surface area contributed by atoms with Crippen molar-refractivity contribution in [3.63, 3.8) is 0 Å². The van der Waals surface area contributed by atoms with Crippen LogP contribution >= 0.6 is 0 Å². The maximum Gasteiger partial charge on any atom is 0.417 e. The first-order valence-electron chi connectivity index (χ1n) is 6.74. The zero-order chi connectivity index (χ0) is 15.3. The minimum atomic E-state index is -1.01. The topological polar surface area (TPSA) is 58.4 Å². The number of rotatable bonds is 1. The maximum atomic E-state index is 11.7. The second-order valence-electron chi connectivity index (χ2n) is 5.40. The molecule has 0 unspecified atom stereocenters. The molecule has 0 saturated heterocycles. The lowest BCUT2D eigenvalue weighted by Crippen LogP contribution is -2.13. The number of carboxylic acid groups (broad SMARTS) is 1. The lowest BCUT2D eigenvalue weighted by atomic mass is 10.1. The van der Waals surface area contributed by atoms with E-state index in [2.05, 4.69) is 4.98 Å². The van der Waals surface area contributed by atoms with Crippen LogP contribution in [0.2, 0.25) is 0 Å². The van der Waals surface area contributed by atoms with Crippen LogP contribution in [0.15, 0.2) is 24.3 Å². The summed E-state index contributed by atoms with van der Waals surface area (Å²) in [5, 5.41) is 11.4. The first-order valence-corrected chi connectivity index (χ1v) is 6.74. The highest BCUT2D eigenvalue weighted by Gasteiger charge is 2.21. The summed E-state index contributed by atoms with van der Waals surface area (Å²) < 4.78 is 1.27. The molecule has 0 fully saturated rings. The number of hydrogen-bond acceptors (Lipinski definition) is 3. The van der Waals surface area contributed by atoms with Gasteiger partial charge in [0.1, 0.15) is 0 Å². The van der Waals surface area contributed by atoms with E-state index in [9.17, 15) is 9.90 Å². The molecule has 0 aliphatic heterocycles. The van der Waals surface area contributed by atoms with Crippen LogP contribution in [0.4, 0.5) is 10.5 Å². The van der Waals surface area contributed by atoms with Crippen LogP contribution < -0.4 is 4.90 Å². The van der Waals surface area contributed by atoms with E-state index in [0.717, 1.165) is 27.7 Å². The van der Waals surface area contributed by atoms with Gasteiger partial charge in [0.05, 0.1) is 16.6 Å². The van der Waals surface area contributed by atoms with Crippen molar-refractivity contribution in [2.45, 2.75) is 13.8 Å². The average molecular weight is 283 g/mol. The number of pyridine rings is 1. The van der Waals surface area contributed by atoms with Crippen LogP contribution in [0, 0.1) is 13.8 Å². The quantitative estimate of drug-likeness (QED) is 0.743. The number of aromatic nitrogens is 2. The zero-order valence-corrected chi connectivity index (χ0v) is 12.5. The third-order valence-electron chi connectivity index (χ3n) is 3.90. The minimum Gasteiger partial charge on any atom is -0.464 e. The third kappa shape index (κ3) is 1.77. The van der Waals surface area contributed by atoms with E-state index >= 15 is 0 Å². The van der Waals surface area contributed by atoms with Crippen molar-refractivity contribution in [3.8, 4) is 0 Å². The molecule has 1 aromatic carbocycles. The van der Waals surface area contributed by atoms with E-state index in [-0.39, 0.29) is 0 Å². The Labute approximate surface area is 122 Å². The molecule has 1 N–H and O–H groups in total. The molecule has 3 rings (SSSR count). The van der Waals surface area contributed by atoms with Gasteiger partial charge in [0, 0.05) is 25.2 Å². The fourth-order valence-corrected chi connectivity index (χ4v) is 2.92. The van der Waals surface area contributed by atoms with Crippen molar-refractivity contribution >= 4 is 33.7 Å². The molecule has 0 aliphatic carbocycles. The Bertz CT molecular complexity index is 878.